The number of sulfonamides is 1. The predicted octanol–water partition coefficient (Wildman–Crippen LogP) is 1.11. The first kappa shape index (κ1) is 13.5. The number of aryl methyl sites for hydroxylation is 1. The summed E-state index contributed by atoms with van der Waals surface area (Å²) in [7, 11) is -1.76. The van der Waals surface area contributed by atoms with Gasteiger partial charge in [-0.15, -0.1) is 11.6 Å². The van der Waals surface area contributed by atoms with E-state index in [0.29, 0.717) is 13.0 Å². The third-order valence-electron chi connectivity index (χ3n) is 2.15. The van der Waals surface area contributed by atoms with Crippen LogP contribution >= 0.6 is 11.6 Å². The molecular weight excluding hydrogens is 250 g/mol. The fourth-order valence-corrected chi connectivity index (χ4v) is 2.29. The summed E-state index contributed by atoms with van der Waals surface area (Å²) in [6.07, 6.45) is 4.35. The first-order valence-corrected chi connectivity index (χ1v) is 6.99. The summed E-state index contributed by atoms with van der Waals surface area (Å²) in [6, 6.07) is 0. The molecule has 0 radical (unpaired) electrons. The van der Waals surface area contributed by atoms with Crippen LogP contribution in [0.15, 0.2) is 17.6 Å². The molecule has 92 valence electrons. The third kappa shape index (κ3) is 3.77. The van der Waals surface area contributed by atoms with Gasteiger partial charge in [0.05, 0.1) is 6.33 Å². The molecule has 0 bridgehead atoms. The standard InChI is InChI=1S/C9H16ClN3O2S/c1-3-8(10)4-5-12-16(14,15)9-6-13(2)7-11-9/h6-8,12H,3-5H2,1-2H3. The highest BCUT2D eigenvalue weighted by atomic mass is 35.5. The summed E-state index contributed by atoms with van der Waals surface area (Å²) in [5.41, 5.74) is 0. The van der Waals surface area contributed by atoms with Gasteiger partial charge in [0.2, 0.25) is 0 Å². The molecule has 0 aliphatic carbocycles. The van der Waals surface area contributed by atoms with Gasteiger partial charge >= 0.3 is 0 Å². The molecule has 1 unspecified atom stereocenters. The van der Waals surface area contributed by atoms with E-state index in [9.17, 15) is 8.42 Å². The predicted molar refractivity (Wildman–Crippen MR) is 62.9 cm³/mol. The molecule has 5 nitrogen and oxygen atoms in total. The fraction of sp³-hybridized carbons (Fsp3) is 0.667. The zero-order valence-corrected chi connectivity index (χ0v) is 10.9. The van der Waals surface area contributed by atoms with Crippen LogP contribution in [0.5, 0.6) is 0 Å². The number of hydrogen-bond acceptors (Lipinski definition) is 3. The number of halogens is 1. The second-order valence-electron chi connectivity index (χ2n) is 3.57. The molecule has 0 fully saturated rings. The van der Waals surface area contributed by atoms with Gasteiger partial charge in [0.25, 0.3) is 10.0 Å². The Morgan fingerprint density at radius 3 is 2.81 bits per heavy atom. The Morgan fingerprint density at radius 2 is 2.31 bits per heavy atom. The Kier molecular flexibility index (Phi) is 4.76. The van der Waals surface area contributed by atoms with Gasteiger partial charge in [-0.1, -0.05) is 6.92 Å². The Bertz CT molecular complexity index is 430. The highest BCUT2D eigenvalue weighted by Crippen LogP contribution is 2.07. The van der Waals surface area contributed by atoms with Gasteiger partial charge in [-0.25, -0.2) is 18.1 Å². The van der Waals surface area contributed by atoms with Crippen molar-refractivity contribution in [2.45, 2.75) is 30.2 Å². The van der Waals surface area contributed by atoms with E-state index in [-0.39, 0.29) is 10.4 Å². The lowest BCUT2D eigenvalue weighted by Gasteiger charge is -2.07. The van der Waals surface area contributed by atoms with Crippen molar-refractivity contribution in [3.05, 3.63) is 12.5 Å². The minimum atomic E-state index is -3.48. The van der Waals surface area contributed by atoms with E-state index in [1.54, 1.807) is 11.6 Å². The molecular formula is C9H16ClN3O2S. The Hall–Kier alpha value is -0.590. The van der Waals surface area contributed by atoms with Crippen LogP contribution in [0.25, 0.3) is 0 Å². The molecule has 0 aliphatic rings. The number of nitrogens with zero attached hydrogens (tertiary/aromatic N) is 2. The molecule has 1 atom stereocenters. The number of imidazole rings is 1. The number of aromatic nitrogens is 2. The molecule has 1 heterocycles. The molecule has 0 spiro atoms. The van der Waals surface area contributed by atoms with Crippen molar-refractivity contribution in [3.63, 3.8) is 0 Å². The Labute approximate surface area is 101 Å². The minimum absolute atomic E-state index is 0.00596. The van der Waals surface area contributed by atoms with Gasteiger partial charge in [-0.2, -0.15) is 0 Å². The summed E-state index contributed by atoms with van der Waals surface area (Å²) in [4.78, 5) is 3.78. The van der Waals surface area contributed by atoms with Gasteiger partial charge in [0.1, 0.15) is 0 Å². The van der Waals surface area contributed by atoms with Crippen LogP contribution in [0.4, 0.5) is 0 Å². The first-order valence-electron chi connectivity index (χ1n) is 5.07. The number of alkyl halides is 1. The molecule has 0 saturated carbocycles. The van der Waals surface area contributed by atoms with Crippen molar-refractivity contribution in [2.75, 3.05) is 6.54 Å². The van der Waals surface area contributed by atoms with Gasteiger partial charge in [-0.3, -0.25) is 0 Å². The lowest BCUT2D eigenvalue weighted by Crippen LogP contribution is -2.26. The van der Waals surface area contributed by atoms with Gasteiger partial charge in [0.15, 0.2) is 5.03 Å². The summed E-state index contributed by atoms with van der Waals surface area (Å²) in [6.45, 7) is 2.30. The summed E-state index contributed by atoms with van der Waals surface area (Å²) >= 11 is 5.89. The molecule has 1 aromatic rings. The molecule has 0 aliphatic heterocycles. The SMILES string of the molecule is CCC(Cl)CCNS(=O)(=O)c1cn(C)cn1. The van der Waals surface area contributed by atoms with E-state index >= 15 is 0 Å². The average molecular weight is 266 g/mol. The van der Waals surface area contributed by atoms with Gasteiger partial charge in [-0.05, 0) is 12.8 Å². The lowest BCUT2D eigenvalue weighted by molar-refractivity contribution is 0.573. The van der Waals surface area contributed by atoms with E-state index in [4.69, 9.17) is 11.6 Å². The van der Waals surface area contributed by atoms with Gasteiger partial charge in [0, 0.05) is 25.2 Å². The van der Waals surface area contributed by atoms with Crippen LogP contribution in [-0.4, -0.2) is 29.9 Å². The smallest absolute Gasteiger partial charge is 0.259 e. The topological polar surface area (TPSA) is 64.0 Å². The second kappa shape index (κ2) is 5.65. The first-order chi connectivity index (χ1) is 7.45. The maximum Gasteiger partial charge on any atom is 0.259 e. The molecule has 1 N–H and O–H groups in total. The highest BCUT2D eigenvalue weighted by Gasteiger charge is 2.16. The zero-order valence-electron chi connectivity index (χ0n) is 9.35. The van der Waals surface area contributed by atoms with Crippen LogP contribution in [0.3, 0.4) is 0 Å². The molecule has 0 amide bonds. The van der Waals surface area contributed by atoms with Crippen molar-refractivity contribution in [1.82, 2.24) is 14.3 Å². The Balaban J connectivity index is 2.53. The minimum Gasteiger partial charge on any atom is -0.339 e. The molecule has 16 heavy (non-hydrogen) atoms. The summed E-state index contributed by atoms with van der Waals surface area (Å²) in [5.74, 6) is 0. The third-order valence-corrected chi connectivity index (χ3v) is 4.02. The van der Waals surface area contributed by atoms with Crippen LogP contribution in [0.1, 0.15) is 19.8 Å². The number of hydrogen-bond donors (Lipinski definition) is 1. The number of nitrogens with one attached hydrogen (secondary N) is 1. The molecule has 7 heteroatoms. The van der Waals surface area contributed by atoms with E-state index < -0.39 is 10.0 Å². The number of rotatable bonds is 6. The van der Waals surface area contributed by atoms with E-state index in [2.05, 4.69) is 9.71 Å². The van der Waals surface area contributed by atoms with Crippen LogP contribution in [0.2, 0.25) is 0 Å². The van der Waals surface area contributed by atoms with Crippen LogP contribution in [0, 0.1) is 0 Å². The fourth-order valence-electron chi connectivity index (χ4n) is 1.16. The van der Waals surface area contributed by atoms with Crippen molar-refractivity contribution in [1.29, 1.82) is 0 Å². The zero-order chi connectivity index (χ0) is 12.2. The molecule has 0 saturated heterocycles. The maximum atomic E-state index is 11.7. The second-order valence-corrected chi connectivity index (χ2v) is 5.90. The molecule has 1 rings (SSSR count). The maximum absolute atomic E-state index is 11.7. The van der Waals surface area contributed by atoms with Crippen LogP contribution < -0.4 is 4.72 Å². The summed E-state index contributed by atoms with van der Waals surface area (Å²) in [5, 5.41) is 0.0454. The lowest BCUT2D eigenvalue weighted by atomic mass is 10.2. The normalized spacial score (nSPS) is 13.9. The van der Waals surface area contributed by atoms with Crippen molar-refractivity contribution in [3.8, 4) is 0 Å². The quantitative estimate of drug-likeness (QED) is 0.784. The van der Waals surface area contributed by atoms with E-state index in [0.717, 1.165) is 6.42 Å². The van der Waals surface area contributed by atoms with Crippen molar-refractivity contribution >= 4 is 21.6 Å². The molecule has 1 aromatic heterocycles. The van der Waals surface area contributed by atoms with E-state index in [1.807, 2.05) is 6.92 Å². The Morgan fingerprint density at radius 1 is 1.62 bits per heavy atom. The van der Waals surface area contributed by atoms with Crippen molar-refractivity contribution < 1.29 is 8.42 Å². The summed E-state index contributed by atoms with van der Waals surface area (Å²) < 4.78 is 27.4. The highest BCUT2D eigenvalue weighted by molar-refractivity contribution is 7.89. The monoisotopic (exact) mass is 265 g/mol. The van der Waals surface area contributed by atoms with Crippen molar-refractivity contribution in [2.24, 2.45) is 7.05 Å². The average Bonchev–Trinajstić information content (AvgIpc) is 2.65. The largest absolute Gasteiger partial charge is 0.339 e. The van der Waals surface area contributed by atoms with E-state index in [1.165, 1.54) is 12.5 Å². The van der Waals surface area contributed by atoms with Gasteiger partial charge < -0.3 is 4.57 Å². The van der Waals surface area contributed by atoms with Crippen LogP contribution in [-0.2, 0) is 17.1 Å². The molecule has 0 aromatic carbocycles.